The van der Waals surface area contributed by atoms with Gasteiger partial charge >= 0.3 is 5.97 Å². The van der Waals surface area contributed by atoms with Crippen LogP contribution in [0.3, 0.4) is 0 Å². The molecule has 0 aliphatic rings. The standard InChI is InChI=1S/C60H115NO5/c1-3-5-7-9-11-13-15-17-18-19-20-21-22-23-24-25-26-27-29-32-36-40-44-48-52-58(63)57(56-62)61-59(64)53-49-45-41-37-33-30-28-31-35-39-43-47-51-55-66-60(65)54-50-46-42-38-34-16-14-12-10-8-6-4-2/h30,33,48,52,57-58,62-63H,3-29,31-32,34-47,49-51,53-56H2,1-2H3,(H,61,64)/b33-30-,52-48+. The number of ether oxygens (including phenoxy) is 1. The molecule has 0 aliphatic heterocycles. The van der Waals surface area contributed by atoms with E-state index in [0.717, 1.165) is 70.6 Å². The van der Waals surface area contributed by atoms with Crippen molar-refractivity contribution in [1.29, 1.82) is 0 Å². The zero-order valence-electron chi connectivity index (χ0n) is 44.4. The lowest BCUT2D eigenvalue weighted by molar-refractivity contribution is -0.143. The molecule has 0 rings (SSSR count). The smallest absolute Gasteiger partial charge is 0.305 e. The highest BCUT2D eigenvalue weighted by Crippen LogP contribution is 2.17. The average molecular weight is 931 g/mol. The molecule has 6 nitrogen and oxygen atoms in total. The first-order chi connectivity index (χ1) is 32.5. The lowest BCUT2D eigenvalue weighted by Gasteiger charge is -2.19. The molecule has 3 N–H and O–H groups in total. The second kappa shape index (κ2) is 55.9. The molecule has 390 valence electrons. The number of hydrogen-bond acceptors (Lipinski definition) is 5. The molecule has 0 saturated carbocycles. The van der Waals surface area contributed by atoms with E-state index in [9.17, 15) is 19.8 Å². The van der Waals surface area contributed by atoms with Crippen molar-refractivity contribution in [2.24, 2.45) is 0 Å². The second-order valence-electron chi connectivity index (χ2n) is 20.3. The van der Waals surface area contributed by atoms with Gasteiger partial charge in [-0.25, -0.2) is 0 Å². The van der Waals surface area contributed by atoms with Crippen LogP contribution in [0.25, 0.3) is 0 Å². The van der Waals surface area contributed by atoms with Gasteiger partial charge in [-0.05, 0) is 57.8 Å². The highest BCUT2D eigenvalue weighted by Gasteiger charge is 2.18. The van der Waals surface area contributed by atoms with Crippen LogP contribution in [-0.4, -0.2) is 47.4 Å². The van der Waals surface area contributed by atoms with Gasteiger partial charge in [0.2, 0.25) is 5.91 Å². The maximum Gasteiger partial charge on any atom is 0.305 e. The second-order valence-corrected chi connectivity index (χ2v) is 20.3. The Morgan fingerprint density at radius 2 is 0.712 bits per heavy atom. The Morgan fingerprint density at radius 3 is 1.09 bits per heavy atom. The highest BCUT2D eigenvalue weighted by atomic mass is 16.5. The molecule has 0 aromatic heterocycles. The van der Waals surface area contributed by atoms with Crippen LogP contribution in [0.2, 0.25) is 0 Å². The molecule has 66 heavy (non-hydrogen) atoms. The number of unbranched alkanes of at least 4 members (excludes halogenated alkanes) is 42. The summed E-state index contributed by atoms with van der Waals surface area (Å²) in [4.78, 5) is 24.5. The minimum Gasteiger partial charge on any atom is -0.466 e. The van der Waals surface area contributed by atoms with E-state index in [1.807, 2.05) is 6.08 Å². The third kappa shape index (κ3) is 51.7. The number of amides is 1. The fraction of sp³-hybridized carbons (Fsp3) is 0.900. The number of allylic oxidation sites excluding steroid dienone is 3. The SMILES string of the molecule is CCCCCCCCCCCCCCCCCCCCCCCC/C=C/C(O)C(CO)NC(=O)CCCCC/C=C\CCCCCCCCOC(=O)CCCCCCCCCCCCCC. The van der Waals surface area contributed by atoms with Crippen LogP contribution in [0.1, 0.15) is 322 Å². The molecule has 0 spiro atoms. The van der Waals surface area contributed by atoms with Gasteiger partial charge in [-0.15, -0.1) is 0 Å². The van der Waals surface area contributed by atoms with E-state index in [1.165, 1.54) is 225 Å². The van der Waals surface area contributed by atoms with E-state index >= 15 is 0 Å². The first kappa shape index (κ1) is 64.3. The monoisotopic (exact) mass is 930 g/mol. The molecule has 0 aromatic rings. The summed E-state index contributed by atoms with van der Waals surface area (Å²) in [6.07, 6.45) is 67.8. The number of carbonyl (C=O) groups is 2. The van der Waals surface area contributed by atoms with E-state index in [4.69, 9.17) is 4.74 Å². The van der Waals surface area contributed by atoms with Crippen molar-refractivity contribution >= 4 is 11.9 Å². The summed E-state index contributed by atoms with van der Waals surface area (Å²) in [5.41, 5.74) is 0. The van der Waals surface area contributed by atoms with Crippen molar-refractivity contribution < 1.29 is 24.5 Å². The Morgan fingerprint density at radius 1 is 0.409 bits per heavy atom. The molecule has 0 radical (unpaired) electrons. The Labute approximate surface area is 411 Å². The van der Waals surface area contributed by atoms with Crippen LogP contribution in [0.4, 0.5) is 0 Å². The first-order valence-corrected chi connectivity index (χ1v) is 29.6. The number of rotatable bonds is 55. The molecule has 0 heterocycles. The Balaban J connectivity index is 3.52. The van der Waals surface area contributed by atoms with Crippen LogP contribution >= 0.6 is 0 Å². The summed E-state index contributed by atoms with van der Waals surface area (Å²) in [5.74, 6) is -0.108. The van der Waals surface area contributed by atoms with E-state index in [-0.39, 0.29) is 18.5 Å². The maximum absolute atomic E-state index is 12.5. The van der Waals surface area contributed by atoms with E-state index in [0.29, 0.717) is 19.4 Å². The van der Waals surface area contributed by atoms with Gasteiger partial charge in [-0.1, -0.05) is 276 Å². The van der Waals surface area contributed by atoms with Crippen molar-refractivity contribution in [3.63, 3.8) is 0 Å². The van der Waals surface area contributed by atoms with Crippen LogP contribution in [0, 0.1) is 0 Å². The van der Waals surface area contributed by atoms with E-state index in [2.05, 4.69) is 31.3 Å². The fourth-order valence-corrected chi connectivity index (χ4v) is 9.16. The summed E-state index contributed by atoms with van der Waals surface area (Å²) < 4.78 is 5.45. The van der Waals surface area contributed by atoms with Gasteiger partial charge in [-0.3, -0.25) is 9.59 Å². The van der Waals surface area contributed by atoms with Crippen LogP contribution in [-0.2, 0) is 14.3 Å². The number of nitrogens with one attached hydrogen (secondary N) is 1. The molecule has 0 aliphatic carbocycles. The zero-order valence-corrected chi connectivity index (χ0v) is 44.4. The molecule has 0 fully saturated rings. The topological polar surface area (TPSA) is 95.9 Å². The van der Waals surface area contributed by atoms with Gasteiger partial charge in [0.1, 0.15) is 0 Å². The van der Waals surface area contributed by atoms with Gasteiger partial charge in [0, 0.05) is 12.8 Å². The molecule has 0 aromatic carbocycles. The molecule has 2 unspecified atom stereocenters. The van der Waals surface area contributed by atoms with Gasteiger partial charge < -0.3 is 20.3 Å². The maximum atomic E-state index is 12.5. The predicted octanol–water partition coefficient (Wildman–Crippen LogP) is 18.2. The summed E-state index contributed by atoms with van der Waals surface area (Å²) >= 11 is 0. The number of hydrogen-bond donors (Lipinski definition) is 3. The summed E-state index contributed by atoms with van der Waals surface area (Å²) in [7, 11) is 0. The Kier molecular flexibility index (Phi) is 54.5. The van der Waals surface area contributed by atoms with E-state index < -0.39 is 12.1 Å². The van der Waals surface area contributed by atoms with Crippen LogP contribution in [0.15, 0.2) is 24.3 Å². The van der Waals surface area contributed by atoms with Crippen molar-refractivity contribution in [3.05, 3.63) is 24.3 Å². The minimum absolute atomic E-state index is 0.0128. The van der Waals surface area contributed by atoms with Crippen LogP contribution in [0.5, 0.6) is 0 Å². The van der Waals surface area contributed by atoms with E-state index in [1.54, 1.807) is 6.08 Å². The van der Waals surface area contributed by atoms with Crippen LogP contribution < -0.4 is 5.32 Å². The van der Waals surface area contributed by atoms with Crippen molar-refractivity contribution in [1.82, 2.24) is 5.32 Å². The molecule has 6 heteroatoms. The number of esters is 1. The summed E-state index contributed by atoms with van der Waals surface area (Å²) in [6.45, 7) is 4.88. The number of aliphatic hydroxyl groups excluding tert-OH is 2. The highest BCUT2D eigenvalue weighted by molar-refractivity contribution is 5.76. The first-order valence-electron chi connectivity index (χ1n) is 29.6. The third-order valence-electron chi connectivity index (χ3n) is 13.7. The lowest BCUT2D eigenvalue weighted by atomic mass is 10.0. The summed E-state index contributed by atoms with van der Waals surface area (Å²) in [6, 6.07) is -0.649. The predicted molar refractivity (Wildman–Crippen MR) is 287 cm³/mol. The third-order valence-corrected chi connectivity index (χ3v) is 13.7. The molecule has 0 bridgehead atoms. The van der Waals surface area contributed by atoms with Gasteiger partial charge in [0.15, 0.2) is 0 Å². The van der Waals surface area contributed by atoms with Gasteiger partial charge in [0.25, 0.3) is 0 Å². The molecular weight excluding hydrogens is 815 g/mol. The Hall–Kier alpha value is -1.66. The van der Waals surface area contributed by atoms with Crippen molar-refractivity contribution in [2.75, 3.05) is 13.2 Å². The quantitative estimate of drug-likeness (QED) is 0.0321. The lowest BCUT2D eigenvalue weighted by Crippen LogP contribution is -2.45. The largest absolute Gasteiger partial charge is 0.466 e. The molecule has 0 saturated heterocycles. The van der Waals surface area contributed by atoms with Gasteiger partial charge in [0.05, 0.1) is 25.4 Å². The van der Waals surface area contributed by atoms with Crippen molar-refractivity contribution in [2.45, 2.75) is 334 Å². The number of aliphatic hydroxyl groups is 2. The fourth-order valence-electron chi connectivity index (χ4n) is 9.16. The normalized spacial score (nSPS) is 12.7. The zero-order chi connectivity index (χ0) is 47.9. The minimum atomic E-state index is -0.862. The average Bonchev–Trinajstić information content (AvgIpc) is 3.32. The van der Waals surface area contributed by atoms with Gasteiger partial charge in [-0.2, -0.15) is 0 Å². The molecule has 2 atom stereocenters. The molecular formula is C60H115NO5. The van der Waals surface area contributed by atoms with Crippen molar-refractivity contribution in [3.8, 4) is 0 Å². The molecule has 1 amide bonds. The summed E-state index contributed by atoms with van der Waals surface area (Å²) in [5, 5.41) is 23.2. The Bertz CT molecular complexity index is 1030. The number of carbonyl (C=O) groups excluding carboxylic acids is 2.